The second-order valence-corrected chi connectivity index (χ2v) is 16.4. The number of hydrogen-bond acceptors (Lipinski definition) is 4. The molecule has 0 heterocycles. The van der Waals surface area contributed by atoms with Gasteiger partial charge in [0.25, 0.3) is 0 Å². The fraction of sp³-hybridized carbons (Fsp3) is 0.438. The van der Waals surface area contributed by atoms with Crippen LogP contribution in [-0.2, 0) is 15.8 Å². The van der Waals surface area contributed by atoms with Crippen LogP contribution in [0.2, 0.25) is 16.6 Å². The molecule has 0 aliphatic carbocycles. The maximum Gasteiger partial charge on any atom is 0.573 e. The average Bonchev–Trinajstić information content (AvgIpc) is 2.89. The summed E-state index contributed by atoms with van der Waals surface area (Å²) in [5.41, 5.74) is 4.06. The third-order valence-corrected chi connectivity index (χ3v) is 13.3. The smallest absolute Gasteiger partial charge is 0.486 e. The van der Waals surface area contributed by atoms with Gasteiger partial charge >= 0.3 is 6.36 Å². The Hall–Kier alpha value is -2.81. The van der Waals surface area contributed by atoms with Crippen LogP contribution < -0.4 is 9.47 Å². The first-order chi connectivity index (χ1) is 18.9. The molecule has 0 saturated carbocycles. The van der Waals surface area contributed by atoms with Crippen molar-refractivity contribution < 1.29 is 31.8 Å². The minimum absolute atomic E-state index is 0.252. The standard InChI is InChI=1S/C32H41F3O4Si/c1-23(2)40(24(3)4,25(5)6)37-22-31(21-36-20-26-10-8-7-9-11-26)38-29-16-12-27(13-17-29)28-14-18-30(19-15-28)39-32(33,34)35/h7-19,23-25,31H,20-22H2,1-6H3/t31-/m0/s1. The monoisotopic (exact) mass is 574 g/mol. The number of benzene rings is 3. The number of rotatable bonds is 14. The van der Waals surface area contributed by atoms with Crippen LogP contribution >= 0.6 is 0 Å². The molecule has 0 spiro atoms. The third kappa shape index (κ3) is 8.85. The highest BCUT2D eigenvalue weighted by atomic mass is 28.4. The summed E-state index contributed by atoms with van der Waals surface area (Å²) >= 11 is 0. The summed E-state index contributed by atoms with van der Waals surface area (Å²) in [4.78, 5) is 0. The number of ether oxygens (including phenoxy) is 3. The van der Waals surface area contributed by atoms with Gasteiger partial charge < -0.3 is 18.6 Å². The molecule has 3 aromatic carbocycles. The van der Waals surface area contributed by atoms with Gasteiger partial charge in [-0.25, -0.2) is 0 Å². The van der Waals surface area contributed by atoms with E-state index in [2.05, 4.69) is 46.3 Å². The van der Waals surface area contributed by atoms with Gasteiger partial charge in [0, 0.05) is 0 Å². The predicted octanol–water partition coefficient (Wildman–Crippen LogP) is 9.41. The van der Waals surface area contributed by atoms with E-state index in [0.29, 0.717) is 42.2 Å². The molecule has 4 nitrogen and oxygen atoms in total. The second-order valence-electron chi connectivity index (χ2n) is 11.0. The molecule has 3 rings (SSSR count). The molecule has 0 aliphatic rings. The number of halogens is 3. The van der Waals surface area contributed by atoms with Gasteiger partial charge in [-0.1, -0.05) is 96.1 Å². The van der Waals surface area contributed by atoms with E-state index >= 15 is 0 Å². The summed E-state index contributed by atoms with van der Waals surface area (Å²) in [6, 6.07) is 23.3. The SMILES string of the molecule is CC(C)[Si](OC[C@H](COCc1ccccc1)Oc1ccc(-c2ccc(OC(F)(F)F)cc2)cc1)(C(C)C)C(C)C. The Bertz CT molecular complexity index is 1130. The van der Waals surface area contributed by atoms with Gasteiger partial charge in [-0.2, -0.15) is 0 Å². The highest BCUT2D eigenvalue weighted by molar-refractivity contribution is 6.77. The van der Waals surface area contributed by atoms with E-state index in [9.17, 15) is 13.2 Å². The van der Waals surface area contributed by atoms with Crippen molar-refractivity contribution in [2.45, 2.75) is 77.2 Å². The van der Waals surface area contributed by atoms with Gasteiger partial charge in [0.2, 0.25) is 8.32 Å². The molecule has 40 heavy (non-hydrogen) atoms. The maximum atomic E-state index is 12.5. The fourth-order valence-electron chi connectivity index (χ4n) is 5.50. The summed E-state index contributed by atoms with van der Waals surface area (Å²) in [6.07, 6.45) is -5.02. The van der Waals surface area contributed by atoms with Gasteiger partial charge in [0.1, 0.15) is 17.6 Å². The quantitative estimate of drug-likeness (QED) is 0.180. The molecule has 0 fully saturated rings. The van der Waals surface area contributed by atoms with E-state index in [0.717, 1.165) is 16.7 Å². The maximum absolute atomic E-state index is 12.5. The van der Waals surface area contributed by atoms with Crippen LogP contribution in [0, 0.1) is 0 Å². The van der Waals surface area contributed by atoms with Crippen LogP contribution in [0.1, 0.15) is 47.1 Å². The van der Waals surface area contributed by atoms with Crippen molar-refractivity contribution in [1.82, 2.24) is 0 Å². The number of hydrogen-bond donors (Lipinski definition) is 0. The lowest BCUT2D eigenvalue weighted by Gasteiger charge is -2.42. The third-order valence-electron chi connectivity index (χ3n) is 7.22. The molecule has 0 unspecified atom stereocenters. The van der Waals surface area contributed by atoms with E-state index in [1.165, 1.54) is 12.1 Å². The van der Waals surface area contributed by atoms with Crippen molar-refractivity contribution in [1.29, 1.82) is 0 Å². The molecule has 0 N–H and O–H groups in total. The summed E-state index contributed by atoms with van der Waals surface area (Å²) in [6.45, 7) is 14.8. The van der Waals surface area contributed by atoms with Crippen LogP contribution in [0.5, 0.6) is 11.5 Å². The van der Waals surface area contributed by atoms with Crippen molar-refractivity contribution >= 4 is 8.32 Å². The Morgan fingerprint density at radius 2 is 1.15 bits per heavy atom. The fourth-order valence-corrected chi connectivity index (χ4v) is 11.0. The normalized spacial score (nSPS) is 13.2. The van der Waals surface area contributed by atoms with Gasteiger partial charge in [-0.3, -0.25) is 0 Å². The molecule has 0 aromatic heterocycles. The molecule has 8 heteroatoms. The largest absolute Gasteiger partial charge is 0.573 e. The molecule has 1 atom stereocenters. The van der Waals surface area contributed by atoms with Crippen molar-refractivity contribution in [2.75, 3.05) is 13.2 Å². The molecule has 0 radical (unpaired) electrons. The topological polar surface area (TPSA) is 36.9 Å². The Balaban J connectivity index is 1.72. The Kier molecular flexibility index (Phi) is 11.3. The van der Waals surface area contributed by atoms with Crippen molar-refractivity contribution in [2.24, 2.45) is 0 Å². The lowest BCUT2D eigenvalue weighted by molar-refractivity contribution is -0.274. The molecule has 0 amide bonds. The Morgan fingerprint density at radius 1 is 0.650 bits per heavy atom. The van der Waals surface area contributed by atoms with E-state index in [1.807, 2.05) is 54.6 Å². The molecular formula is C32H41F3O4Si. The van der Waals surface area contributed by atoms with Crippen molar-refractivity contribution in [3.63, 3.8) is 0 Å². The van der Waals surface area contributed by atoms with Crippen LogP contribution in [-0.4, -0.2) is 34.0 Å². The first-order valence-electron chi connectivity index (χ1n) is 13.8. The van der Waals surface area contributed by atoms with Crippen LogP contribution in [0.25, 0.3) is 11.1 Å². The molecule has 3 aromatic rings. The van der Waals surface area contributed by atoms with E-state index in [4.69, 9.17) is 13.9 Å². The molecule has 0 bridgehead atoms. The highest BCUT2D eigenvalue weighted by Crippen LogP contribution is 2.42. The summed E-state index contributed by atoms with van der Waals surface area (Å²) in [5, 5.41) is 0. The predicted molar refractivity (Wildman–Crippen MR) is 156 cm³/mol. The lowest BCUT2D eigenvalue weighted by Crippen LogP contribution is -2.50. The molecule has 0 saturated heterocycles. The highest BCUT2D eigenvalue weighted by Gasteiger charge is 2.45. The summed E-state index contributed by atoms with van der Waals surface area (Å²) in [5.74, 6) is 0.418. The molecular weight excluding hydrogens is 533 g/mol. The van der Waals surface area contributed by atoms with Gasteiger partial charge in [0.05, 0.1) is 19.8 Å². The van der Waals surface area contributed by atoms with Crippen molar-refractivity contribution in [3.8, 4) is 22.6 Å². The van der Waals surface area contributed by atoms with Crippen molar-refractivity contribution in [3.05, 3.63) is 84.4 Å². The second kappa shape index (κ2) is 14.2. The minimum Gasteiger partial charge on any atom is -0.486 e. The molecule has 0 aliphatic heterocycles. The van der Waals surface area contributed by atoms with E-state index < -0.39 is 14.7 Å². The van der Waals surface area contributed by atoms with Gasteiger partial charge in [0.15, 0.2) is 0 Å². The first kappa shape index (κ1) is 31.7. The van der Waals surface area contributed by atoms with Crippen LogP contribution in [0.3, 0.4) is 0 Å². The average molecular weight is 575 g/mol. The minimum atomic E-state index is -4.72. The van der Waals surface area contributed by atoms with Gasteiger partial charge in [-0.05, 0) is 57.6 Å². The van der Waals surface area contributed by atoms with Crippen LogP contribution in [0.15, 0.2) is 78.9 Å². The molecule has 218 valence electrons. The lowest BCUT2D eigenvalue weighted by atomic mass is 10.1. The zero-order chi connectivity index (χ0) is 29.3. The number of alkyl halides is 3. The zero-order valence-electron chi connectivity index (χ0n) is 24.2. The Morgan fingerprint density at radius 3 is 1.62 bits per heavy atom. The first-order valence-corrected chi connectivity index (χ1v) is 15.9. The van der Waals surface area contributed by atoms with Gasteiger partial charge in [-0.15, -0.1) is 13.2 Å². The Labute approximate surface area is 237 Å². The summed E-state index contributed by atoms with van der Waals surface area (Å²) in [7, 11) is -2.10. The van der Waals surface area contributed by atoms with E-state index in [1.54, 1.807) is 12.1 Å². The van der Waals surface area contributed by atoms with E-state index in [-0.39, 0.29) is 11.9 Å². The summed E-state index contributed by atoms with van der Waals surface area (Å²) < 4.78 is 60.6. The van der Waals surface area contributed by atoms with Crippen LogP contribution in [0.4, 0.5) is 13.2 Å². The zero-order valence-corrected chi connectivity index (χ0v) is 25.2.